The fourth-order valence-corrected chi connectivity index (χ4v) is 5.38. The van der Waals surface area contributed by atoms with Gasteiger partial charge in [0.1, 0.15) is 5.92 Å². The van der Waals surface area contributed by atoms with E-state index in [0.717, 1.165) is 27.6 Å². The van der Waals surface area contributed by atoms with Crippen molar-refractivity contribution in [3.05, 3.63) is 107 Å². The number of benzene rings is 4. The summed E-state index contributed by atoms with van der Waals surface area (Å²) >= 11 is 6.08. The normalized spacial score (nSPS) is 17.9. The third kappa shape index (κ3) is 4.85. The van der Waals surface area contributed by atoms with Crippen LogP contribution in [0.15, 0.2) is 84.9 Å². The van der Waals surface area contributed by atoms with Crippen LogP contribution in [-0.2, 0) is 16.0 Å². The van der Waals surface area contributed by atoms with Gasteiger partial charge in [-0.25, -0.2) is 0 Å². The quantitative estimate of drug-likeness (QED) is 0.293. The van der Waals surface area contributed by atoms with Gasteiger partial charge in [-0.05, 0) is 72.5 Å². The average Bonchev–Trinajstić information content (AvgIpc) is 2.89. The topological polar surface area (TPSA) is 69.6 Å². The Morgan fingerprint density at radius 2 is 1.73 bits per heavy atom. The van der Waals surface area contributed by atoms with Gasteiger partial charge in [0.2, 0.25) is 5.91 Å². The molecule has 0 bridgehead atoms. The number of amides is 1. The van der Waals surface area contributed by atoms with Crippen molar-refractivity contribution in [3.8, 4) is 0 Å². The van der Waals surface area contributed by atoms with Gasteiger partial charge in [0.05, 0.1) is 12.1 Å². The number of halogens is 1. The van der Waals surface area contributed by atoms with E-state index in [-0.39, 0.29) is 11.7 Å². The lowest BCUT2D eigenvalue weighted by molar-refractivity contribution is -0.138. The Morgan fingerprint density at radius 3 is 2.46 bits per heavy atom. The zero-order valence-electron chi connectivity index (χ0n) is 20.8. The molecular formula is C31H29ClN2O3. The number of Topliss-reactive ketones (excluding diaryl/α,β-unsaturated/α-hetero) is 1. The molecule has 0 saturated carbocycles. The number of carbonyl (C=O) groups excluding carboxylic acids is 2. The minimum atomic E-state index is -1.22. The molecule has 188 valence electrons. The summed E-state index contributed by atoms with van der Waals surface area (Å²) in [6.45, 7) is 4.18. The van der Waals surface area contributed by atoms with Gasteiger partial charge in [-0.1, -0.05) is 66.2 Å². The molecule has 3 atom stereocenters. The Bertz CT molecular complexity index is 1470. The number of nitrogens with one attached hydrogen (secondary N) is 1. The maximum atomic E-state index is 14.1. The maximum Gasteiger partial charge on any atom is 0.240 e. The molecule has 5 rings (SSSR count). The van der Waals surface area contributed by atoms with Crippen molar-refractivity contribution in [3.63, 3.8) is 0 Å². The smallest absolute Gasteiger partial charge is 0.240 e. The molecule has 0 radical (unpaired) electrons. The van der Waals surface area contributed by atoms with E-state index in [4.69, 9.17) is 11.6 Å². The molecule has 3 unspecified atom stereocenters. The van der Waals surface area contributed by atoms with Crippen molar-refractivity contribution in [1.82, 2.24) is 0 Å². The lowest BCUT2D eigenvalue weighted by Crippen LogP contribution is -2.51. The van der Waals surface area contributed by atoms with Gasteiger partial charge in [-0.2, -0.15) is 0 Å². The number of ketones is 1. The zero-order chi connectivity index (χ0) is 26.1. The second-order valence-electron chi connectivity index (χ2n) is 9.50. The van der Waals surface area contributed by atoms with Gasteiger partial charge >= 0.3 is 0 Å². The van der Waals surface area contributed by atoms with Crippen LogP contribution in [0.5, 0.6) is 0 Å². The Balaban J connectivity index is 1.53. The fourth-order valence-electron chi connectivity index (χ4n) is 5.25. The Kier molecular flexibility index (Phi) is 7.00. The van der Waals surface area contributed by atoms with Crippen LogP contribution in [-0.4, -0.2) is 29.4 Å². The molecule has 4 aromatic rings. The second kappa shape index (κ2) is 10.4. The summed E-state index contributed by atoms with van der Waals surface area (Å²) in [5.41, 5.74) is 3.83. The van der Waals surface area contributed by atoms with Gasteiger partial charge in [-0.3, -0.25) is 9.59 Å². The summed E-state index contributed by atoms with van der Waals surface area (Å²) < 4.78 is 0. The van der Waals surface area contributed by atoms with Crippen molar-refractivity contribution in [2.45, 2.75) is 32.4 Å². The first-order valence-electron chi connectivity index (χ1n) is 12.5. The molecule has 0 aromatic heterocycles. The molecular weight excluding hydrogens is 484 g/mol. The van der Waals surface area contributed by atoms with Crippen molar-refractivity contribution >= 4 is 45.4 Å². The number of rotatable bonds is 7. The molecule has 37 heavy (non-hydrogen) atoms. The third-order valence-electron chi connectivity index (χ3n) is 7.15. The van der Waals surface area contributed by atoms with Crippen LogP contribution in [0.3, 0.4) is 0 Å². The Labute approximate surface area is 221 Å². The predicted molar refractivity (Wildman–Crippen MR) is 149 cm³/mol. The number of anilines is 2. The summed E-state index contributed by atoms with van der Waals surface area (Å²) in [5, 5.41) is 17.5. The lowest BCUT2D eigenvalue weighted by Gasteiger charge is -2.38. The van der Waals surface area contributed by atoms with Gasteiger partial charge in [0.15, 0.2) is 5.78 Å². The standard InChI is InChI=1S/C31H29ClN2O3/c1-3-34-26-10-6-7-19(2)27(26)30(36)28(31(34)37)29(35)25(17-20-11-14-23(32)15-12-20)33-24-16-13-21-8-4-5-9-22(21)18-24/h4-16,18,25,28,30,33,36H,3,17H2,1-2H3. The number of fused-ring (bicyclic) bond motifs is 2. The minimum absolute atomic E-state index is 0.339. The van der Waals surface area contributed by atoms with Crippen LogP contribution >= 0.6 is 11.6 Å². The summed E-state index contributed by atoms with van der Waals surface area (Å²) in [6, 6.07) is 26.1. The van der Waals surface area contributed by atoms with E-state index >= 15 is 0 Å². The highest BCUT2D eigenvalue weighted by Gasteiger charge is 2.46. The second-order valence-corrected chi connectivity index (χ2v) is 9.94. The molecule has 4 aromatic carbocycles. The Morgan fingerprint density at radius 1 is 1.00 bits per heavy atom. The highest BCUT2D eigenvalue weighted by atomic mass is 35.5. The molecule has 6 heteroatoms. The number of aryl methyl sites for hydroxylation is 1. The summed E-state index contributed by atoms with van der Waals surface area (Å²) in [7, 11) is 0. The van der Waals surface area contributed by atoms with E-state index < -0.39 is 18.1 Å². The van der Waals surface area contributed by atoms with E-state index in [9.17, 15) is 14.7 Å². The molecule has 1 aliphatic heterocycles. The molecule has 2 N–H and O–H groups in total. The van der Waals surface area contributed by atoms with E-state index in [1.165, 1.54) is 0 Å². The molecule has 1 heterocycles. The van der Waals surface area contributed by atoms with Gasteiger partial charge in [0.25, 0.3) is 0 Å². The number of carbonyl (C=O) groups is 2. The van der Waals surface area contributed by atoms with Crippen LogP contribution in [0, 0.1) is 12.8 Å². The summed E-state index contributed by atoms with van der Waals surface area (Å²) in [5.74, 6) is -1.92. The summed E-state index contributed by atoms with van der Waals surface area (Å²) in [4.78, 5) is 29.4. The first-order valence-corrected chi connectivity index (χ1v) is 12.9. The van der Waals surface area contributed by atoms with Crippen LogP contribution < -0.4 is 10.2 Å². The molecule has 0 aliphatic carbocycles. The molecule has 5 nitrogen and oxygen atoms in total. The van der Waals surface area contributed by atoms with E-state index in [1.54, 1.807) is 17.0 Å². The third-order valence-corrected chi connectivity index (χ3v) is 7.40. The van der Waals surface area contributed by atoms with Gasteiger partial charge in [0, 0.05) is 28.5 Å². The van der Waals surface area contributed by atoms with Crippen molar-refractivity contribution in [2.24, 2.45) is 5.92 Å². The molecule has 0 saturated heterocycles. The highest BCUT2D eigenvalue weighted by Crippen LogP contribution is 2.41. The van der Waals surface area contributed by atoms with E-state index in [1.807, 2.05) is 86.6 Å². The molecule has 0 spiro atoms. The maximum absolute atomic E-state index is 14.1. The number of aliphatic hydroxyl groups is 1. The largest absolute Gasteiger partial charge is 0.387 e. The van der Waals surface area contributed by atoms with Crippen molar-refractivity contribution in [1.29, 1.82) is 0 Å². The van der Waals surface area contributed by atoms with Crippen molar-refractivity contribution in [2.75, 3.05) is 16.8 Å². The van der Waals surface area contributed by atoms with E-state index in [2.05, 4.69) is 5.32 Å². The van der Waals surface area contributed by atoms with Crippen LogP contribution in [0.1, 0.15) is 29.7 Å². The van der Waals surface area contributed by atoms with Gasteiger partial charge in [-0.15, -0.1) is 0 Å². The number of hydrogen-bond donors (Lipinski definition) is 2. The molecule has 1 aliphatic rings. The van der Waals surface area contributed by atoms with Crippen LogP contribution in [0.4, 0.5) is 11.4 Å². The van der Waals surface area contributed by atoms with Crippen LogP contribution in [0.2, 0.25) is 5.02 Å². The monoisotopic (exact) mass is 512 g/mol. The first-order chi connectivity index (χ1) is 17.9. The average molecular weight is 513 g/mol. The fraction of sp³-hybridized carbons (Fsp3) is 0.226. The molecule has 1 amide bonds. The Hall–Kier alpha value is -3.67. The zero-order valence-corrected chi connectivity index (χ0v) is 21.6. The summed E-state index contributed by atoms with van der Waals surface area (Å²) in [6.07, 6.45) is -0.878. The number of nitrogens with zero attached hydrogens (tertiary/aromatic N) is 1. The molecule has 0 fully saturated rings. The highest BCUT2D eigenvalue weighted by molar-refractivity contribution is 6.30. The lowest BCUT2D eigenvalue weighted by atomic mass is 9.80. The van der Waals surface area contributed by atoms with Gasteiger partial charge < -0.3 is 15.3 Å². The van der Waals surface area contributed by atoms with Crippen LogP contribution in [0.25, 0.3) is 10.8 Å². The number of hydrogen-bond acceptors (Lipinski definition) is 4. The van der Waals surface area contributed by atoms with E-state index in [0.29, 0.717) is 29.2 Å². The number of aliphatic hydroxyl groups excluding tert-OH is 1. The predicted octanol–water partition coefficient (Wildman–Crippen LogP) is 6.11. The van der Waals surface area contributed by atoms with Crippen molar-refractivity contribution < 1.29 is 14.7 Å². The minimum Gasteiger partial charge on any atom is -0.387 e. The SMILES string of the molecule is CCN1C(=O)C(C(=O)C(Cc2ccc(Cl)cc2)Nc2ccc3ccccc3c2)C(O)c2c(C)cccc21. The first kappa shape index (κ1) is 25.0.